The molecule has 0 bridgehead atoms. The van der Waals surface area contributed by atoms with Crippen LogP contribution in [0.3, 0.4) is 0 Å². The molecule has 1 aliphatic heterocycles. The average molecular weight is 243 g/mol. The van der Waals surface area contributed by atoms with Crippen LogP contribution in [0.15, 0.2) is 0 Å². The molecule has 5 nitrogen and oxygen atoms in total. The number of nitrogens with two attached hydrogens (primary N) is 1. The van der Waals surface area contributed by atoms with Gasteiger partial charge < -0.3 is 5.11 Å². The second-order valence-electron chi connectivity index (χ2n) is 4.85. The Kier molecular flexibility index (Phi) is 6.47. The highest BCUT2D eigenvalue weighted by Crippen LogP contribution is 2.25. The largest absolute Gasteiger partial charge is 0.396 e. The molecule has 1 rings (SSSR count). The Hall–Kier alpha value is -0.650. The summed E-state index contributed by atoms with van der Waals surface area (Å²) in [6, 6.07) is 0.997. The van der Waals surface area contributed by atoms with Crippen molar-refractivity contribution in [3.63, 3.8) is 0 Å². The standard InChI is InChI=1S/C12H25N3O2/c1-10(6-7-12(17)14-13)15-8-2-4-11(15)5-3-9-16/h10-11,16H,2-9,13H2,1H3,(H,14,17). The summed E-state index contributed by atoms with van der Waals surface area (Å²) < 4.78 is 0. The topological polar surface area (TPSA) is 78.6 Å². The van der Waals surface area contributed by atoms with Gasteiger partial charge in [0.2, 0.25) is 5.91 Å². The third kappa shape index (κ3) is 4.61. The van der Waals surface area contributed by atoms with Crippen molar-refractivity contribution >= 4 is 5.91 Å². The van der Waals surface area contributed by atoms with Crippen LogP contribution in [-0.4, -0.2) is 41.1 Å². The van der Waals surface area contributed by atoms with E-state index in [1.54, 1.807) is 0 Å². The number of amides is 1. The van der Waals surface area contributed by atoms with Crippen LogP contribution in [0.1, 0.15) is 45.4 Å². The summed E-state index contributed by atoms with van der Waals surface area (Å²) in [4.78, 5) is 13.6. The van der Waals surface area contributed by atoms with Crippen LogP contribution in [0, 0.1) is 0 Å². The molecule has 0 saturated carbocycles. The second kappa shape index (κ2) is 7.63. The van der Waals surface area contributed by atoms with Crippen molar-refractivity contribution in [2.75, 3.05) is 13.2 Å². The summed E-state index contributed by atoms with van der Waals surface area (Å²) in [6.07, 6.45) is 5.71. The van der Waals surface area contributed by atoms with Crippen LogP contribution < -0.4 is 11.3 Å². The molecule has 0 aromatic rings. The van der Waals surface area contributed by atoms with Crippen molar-refractivity contribution < 1.29 is 9.90 Å². The Morgan fingerprint density at radius 2 is 2.41 bits per heavy atom. The van der Waals surface area contributed by atoms with Crippen molar-refractivity contribution in [2.24, 2.45) is 5.84 Å². The quantitative estimate of drug-likeness (QED) is 0.343. The molecule has 0 spiro atoms. The number of hydrogen-bond donors (Lipinski definition) is 3. The zero-order valence-electron chi connectivity index (χ0n) is 10.7. The molecule has 2 unspecified atom stereocenters. The molecule has 2 atom stereocenters. The number of carbonyl (C=O) groups excluding carboxylic acids is 1. The van der Waals surface area contributed by atoms with Crippen molar-refractivity contribution in [3.8, 4) is 0 Å². The lowest BCUT2D eigenvalue weighted by atomic mass is 10.1. The van der Waals surface area contributed by atoms with Crippen LogP contribution in [0.4, 0.5) is 0 Å². The van der Waals surface area contributed by atoms with Gasteiger partial charge in [-0.3, -0.25) is 15.1 Å². The predicted octanol–water partition coefficient (Wildman–Crippen LogP) is 0.382. The summed E-state index contributed by atoms with van der Waals surface area (Å²) in [5.41, 5.74) is 2.17. The number of hydrazine groups is 1. The fraction of sp³-hybridized carbons (Fsp3) is 0.917. The van der Waals surface area contributed by atoms with E-state index in [2.05, 4.69) is 17.2 Å². The summed E-state index contributed by atoms with van der Waals surface area (Å²) in [6.45, 7) is 3.55. The van der Waals surface area contributed by atoms with Gasteiger partial charge >= 0.3 is 0 Å². The maximum Gasteiger partial charge on any atom is 0.233 e. The fourth-order valence-corrected chi connectivity index (χ4v) is 2.65. The molecule has 4 N–H and O–H groups in total. The van der Waals surface area contributed by atoms with Gasteiger partial charge in [-0.15, -0.1) is 0 Å². The minimum absolute atomic E-state index is 0.0945. The number of aliphatic hydroxyl groups is 1. The summed E-state index contributed by atoms with van der Waals surface area (Å²) >= 11 is 0. The number of hydrogen-bond acceptors (Lipinski definition) is 4. The lowest BCUT2D eigenvalue weighted by molar-refractivity contribution is -0.121. The Morgan fingerprint density at radius 1 is 1.65 bits per heavy atom. The second-order valence-corrected chi connectivity index (χ2v) is 4.85. The van der Waals surface area contributed by atoms with E-state index in [-0.39, 0.29) is 12.5 Å². The first-order valence-electron chi connectivity index (χ1n) is 6.55. The lowest BCUT2D eigenvalue weighted by Crippen LogP contribution is -2.38. The summed E-state index contributed by atoms with van der Waals surface area (Å²) in [5, 5.41) is 8.87. The van der Waals surface area contributed by atoms with Crippen LogP contribution in [-0.2, 0) is 4.79 Å². The molecule has 0 aliphatic carbocycles. The highest BCUT2D eigenvalue weighted by molar-refractivity contribution is 5.75. The average Bonchev–Trinajstić information content (AvgIpc) is 2.81. The minimum atomic E-state index is -0.0945. The van der Waals surface area contributed by atoms with Gasteiger partial charge in [-0.05, 0) is 45.6 Å². The fourth-order valence-electron chi connectivity index (χ4n) is 2.65. The number of rotatable bonds is 7. The zero-order valence-corrected chi connectivity index (χ0v) is 10.7. The molecule has 17 heavy (non-hydrogen) atoms. The van der Waals surface area contributed by atoms with Crippen molar-refractivity contribution in [2.45, 2.75) is 57.5 Å². The van der Waals surface area contributed by atoms with Crippen LogP contribution in [0.2, 0.25) is 0 Å². The smallest absolute Gasteiger partial charge is 0.233 e. The van der Waals surface area contributed by atoms with Crippen molar-refractivity contribution in [1.29, 1.82) is 0 Å². The molecule has 1 aliphatic rings. The van der Waals surface area contributed by atoms with Gasteiger partial charge in [0.1, 0.15) is 0 Å². The molecule has 1 amide bonds. The first kappa shape index (κ1) is 14.4. The number of carbonyl (C=O) groups is 1. The molecular weight excluding hydrogens is 218 g/mol. The monoisotopic (exact) mass is 243 g/mol. The molecule has 0 radical (unpaired) electrons. The van der Waals surface area contributed by atoms with Gasteiger partial charge in [-0.25, -0.2) is 5.84 Å². The lowest BCUT2D eigenvalue weighted by Gasteiger charge is -2.30. The summed E-state index contributed by atoms with van der Waals surface area (Å²) in [5.74, 6) is 4.97. The van der Waals surface area contributed by atoms with Gasteiger partial charge in [0.05, 0.1) is 0 Å². The van der Waals surface area contributed by atoms with E-state index in [0.29, 0.717) is 18.5 Å². The molecule has 0 aromatic heterocycles. The van der Waals surface area contributed by atoms with Crippen LogP contribution in [0.5, 0.6) is 0 Å². The van der Waals surface area contributed by atoms with Gasteiger partial charge in [0.25, 0.3) is 0 Å². The number of likely N-dealkylation sites (tertiary alicyclic amines) is 1. The van der Waals surface area contributed by atoms with E-state index in [0.717, 1.165) is 25.8 Å². The Bertz CT molecular complexity index is 236. The number of nitrogens with one attached hydrogen (secondary N) is 1. The maximum absolute atomic E-state index is 11.1. The third-order valence-corrected chi connectivity index (χ3v) is 3.63. The maximum atomic E-state index is 11.1. The van der Waals surface area contributed by atoms with Gasteiger partial charge in [0, 0.05) is 25.1 Å². The number of aliphatic hydroxyl groups excluding tert-OH is 1. The van der Waals surface area contributed by atoms with Crippen LogP contribution in [0.25, 0.3) is 0 Å². The first-order valence-corrected chi connectivity index (χ1v) is 6.55. The number of nitrogens with zero attached hydrogens (tertiary/aromatic N) is 1. The van der Waals surface area contributed by atoms with E-state index < -0.39 is 0 Å². The van der Waals surface area contributed by atoms with E-state index in [1.165, 1.54) is 12.8 Å². The highest BCUT2D eigenvalue weighted by atomic mass is 16.2. The molecule has 0 aromatic carbocycles. The summed E-state index contributed by atoms with van der Waals surface area (Å²) in [7, 11) is 0. The highest BCUT2D eigenvalue weighted by Gasteiger charge is 2.27. The third-order valence-electron chi connectivity index (χ3n) is 3.63. The molecule has 1 heterocycles. The van der Waals surface area contributed by atoms with Gasteiger partial charge in [0.15, 0.2) is 0 Å². The zero-order chi connectivity index (χ0) is 12.7. The van der Waals surface area contributed by atoms with Crippen LogP contribution >= 0.6 is 0 Å². The van der Waals surface area contributed by atoms with Gasteiger partial charge in [-0.1, -0.05) is 0 Å². The normalized spacial score (nSPS) is 22.6. The molecular formula is C12H25N3O2. The van der Waals surface area contributed by atoms with E-state index in [9.17, 15) is 4.79 Å². The Morgan fingerprint density at radius 3 is 3.06 bits per heavy atom. The van der Waals surface area contributed by atoms with Crippen molar-refractivity contribution in [3.05, 3.63) is 0 Å². The van der Waals surface area contributed by atoms with Crippen molar-refractivity contribution in [1.82, 2.24) is 10.3 Å². The van der Waals surface area contributed by atoms with E-state index in [4.69, 9.17) is 10.9 Å². The Balaban J connectivity index is 2.33. The van der Waals surface area contributed by atoms with E-state index in [1.807, 2.05) is 0 Å². The predicted molar refractivity (Wildman–Crippen MR) is 67.1 cm³/mol. The molecule has 100 valence electrons. The van der Waals surface area contributed by atoms with Gasteiger partial charge in [-0.2, -0.15) is 0 Å². The van der Waals surface area contributed by atoms with E-state index >= 15 is 0 Å². The molecule has 1 saturated heterocycles. The molecule has 1 fully saturated rings. The Labute approximate surface area is 103 Å². The minimum Gasteiger partial charge on any atom is -0.396 e. The first-order chi connectivity index (χ1) is 8.19. The molecule has 5 heteroatoms. The SMILES string of the molecule is CC(CCC(=O)NN)N1CCCC1CCCO.